The maximum Gasteiger partial charge on any atom is 0.0338 e. The van der Waals surface area contributed by atoms with Crippen LogP contribution in [0.2, 0.25) is 0 Å². The fourth-order valence-corrected chi connectivity index (χ4v) is 2.62. The summed E-state index contributed by atoms with van der Waals surface area (Å²) >= 11 is 6.12. The van der Waals surface area contributed by atoms with Gasteiger partial charge >= 0.3 is 0 Å². The van der Waals surface area contributed by atoms with Gasteiger partial charge < -0.3 is 11.1 Å². The van der Waals surface area contributed by atoms with Crippen LogP contribution >= 0.6 is 11.6 Å². The number of rotatable bonds is 4. The van der Waals surface area contributed by atoms with Crippen LogP contribution in [0.5, 0.6) is 0 Å². The molecular formula is C10H21ClN2. The summed E-state index contributed by atoms with van der Waals surface area (Å²) in [4.78, 5) is 0. The molecule has 13 heavy (non-hydrogen) atoms. The lowest BCUT2D eigenvalue weighted by atomic mass is 9.84. The van der Waals surface area contributed by atoms with Gasteiger partial charge in [-0.25, -0.2) is 0 Å². The summed E-state index contributed by atoms with van der Waals surface area (Å²) in [6.07, 6.45) is 6.09. The number of hydrogen-bond acceptors (Lipinski definition) is 2. The van der Waals surface area contributed by atoms with E-state index >= 15 is 0 Å². The van der Waals surface area contributed by atoms with Gasteiger partial charge in [-0.3, -0.25) is 0 Å². The summed E-state index contributed by atoms with van der Waals surface area (Å²) < 4.78 is 0. The van der Waals surface area contributed by atoms with Crippen molar-refractivity contribution in [3.05, 3.63) is 0 Å². The molecule has 3 heteroatoms. The number of hydrogen-bond donors (Lipinski definition) is 2. The lowest BCUT2D eigenvalue weighted by Crippen LogP contribution is -2.34. The third kappa shape index (κ3) is 4.30. The van der Waals surface area contributed by atoms with E-state index in [0.717, 1.165) is 18.9 Å². The molecule has 0 aromatic carbocycles. The van der Waals surface area contributed by atoms with E-state index in [2.05, 4.69) is 5.32 Å². The molecule has 1 rings (SSSR count). The summed E-state index contributed by atoms with van der Waals surface area (Å²) in [5.41, 5.74) is 5.95. The summed E-state index contributed by atoms with van der Waals surface area (Å²) in [5, 5.41) is 3.51. The van der Waals surface area contributed by atoms with Crippen LogP contribution in [0.1, 0.15) is 32.1 Å². The van der Waals surface area contributed by atoms with E-state index in [0.29, 0.717) is 11.4 Å². The van der Waals surface area contributed by atoms with E-state index in [1.165, 1.54) is 25.7 Å². The van der Waals surface area contributed by atoms with Crippen molar-refractivity contribution >= 4 is 11.6 Å². The molecule has 1 saturated carbocycles. The maximum absolute atomic E-state index is 6.12. The van der Waals surface area contributed by atoms with Gasteiger partial charge in [-0.1, -0.05) is 12.8 Å². The van der Waals surface area contributed by atoms with Crippen LogP contribution in [0.4, 0.5) is 0 Å². The minimum Gasteiger partial charge on any atom is -0.327 e. The predicted molar refractivity (Wildman–Crippen MR) is 58.1 cm³/mol. The third-order valence-electron chi connectivity index (χ3n) is 2.82. The minimum atomic E-state index is 0.303. The average Bonchev–Trinajstić information content (AvgIpc) is 2.04. The van der Waals surface area contributed by atoms with Crippen LogP contribution in [0.3, 0.4) is 0 Å². The van der Waals surface area contributed by atoms with Gasteiger partial charge in [0.05, 0.1) is 0 Å². The van der Waals surface area contributed by atoms with Gasteiger partial charge in [0.1, 0.15) is 0 Å². The zero-order valence-corrected chi connectivity index (χ0v) is 9.19. The highest BCUT2D eigenvalue weighted by Gasteiger charge is 2.21. The highest BCUT2D eigenvalue weighted by Crippen LogP contribution is 2.30. The summed E-state index contributed by atoms with van der Waals surface area (Å²) in [6, 6.07) is 0.303. The molecule has 0 amide bonds. The summed E-state index contributed by atoms with van der Waals surface area (Å²) in [6.45, 7) is 0.920. The molecule has 0 aliphatic heterocycles. The third-order valence-corrected chi connectivity index (χ3v) is 3.22. The Labute approximate surface area is 86.2 Å². The first-order valence-corrected chi connectivity index (χ1v) is 5.70. The van der Waals surface area contributed by atoms with E-state index in [9.17, 15) is 0 Å². The highest BCUT2D eigenvalue weighted by atomic mass is 35.5. The van der Waals surface area contributed by atoms with Crippen molar-refractivity contribution in [1.29, 1.82) is 0 Å². The molecule has 0 heterocycles. The smallest absolute Gasteiger partial charge is 0.0338 e. The van der Waals surface area contributed by atoms with E-state index in [1.54, 1.807) is 0 Å². The SMILES string of the molecule is CNCC(N)CC1CCCC(Cl)C1. The molecule has 3 N–H and O–H groups in total. The number of nitrogens with one attached hydrogen (secondary N) is 1. The molecule has 0 bridgehead atoms. The van der Waals surface area contributed by atoms with Gasteiger partial charge in [-0.2, -0.15) is 0 Å². The Kier molecular flexibility index (Phi) is 5.07. The van der Waals surface area contributed by atoms with Gasteiger partial charge in [0.25, 0.3) is 0 Å². The Hall–Kier alpha value is 0.210. The largest absolute Gasteiger partial charge is 0.327 e. The molecule has 0 saturated heterocycles. The molecule has 3 atom stereocenters. The molecule has 1 aliphatic carbocycles. The Morgan fingerprint density at radius 1 is 1.54 bits per heavy atom. The second kappa shape index (κ2) is 5.84. The van der Waals surface area contributed by atoms with Crippen LogP contribution in [-0.4, -0.2) is 25.0 Å². The fraction of sp³-hybridized carbons (Fsp3) is 1.00. The van der Waals surface area contributed by atoms with E-state index in [-0.39, 0.29) is 0 Å². The predicted octanol–water partition coefficient (Wildman–Crippen LogP) is 1.72. The first-order valence-electron chi connectivity index (χ1n) is 5.26. The molecular weight excluding hydrogens is 184 g/mol. The molecule has 78 valence electrons. The van der Waals surface area contributed by atoms with E-state index < -0.39 is 0 Å². The van der Waals surface area contributed by atoms with Crippen molar-refractivity contribution in [3.8, 4) is 0 Å². The number of halogens is 1. The molecule has 1 aliphatic rings. The normalized spacial score (nSPS) is 31.6. The second-order valence-electron chi connectivity index (χ2n) is 4.18. The van der Waals surface area contributed by atoms with Crippen molar-refractivity contribution in [2.45, 2.75) is 43.5 Å². The topological polar surface area (TPSA) is 38.0 Å². The monoisotopic (exact) mass is 204 g/mol. The van der Waals surface area contributed by atoms with E-state index in [1.807, 2.05) is 7.05 Å². The Morgan fingerprint density at radius 3 is 2.92 bits per heavy atom. The van der Waals surface area contributed by atoms with Crippen LogP contribution in [-0.2, 0) is 0 Å². The molecule has 1 fully saturated rings. The van der Waals surface area contributed by atoms with Gasteiger partial charge in [0.15, 0.2) is 0 Å². The summed E-state index contributed by atoms with van der Waals surface area (Å²) in [5.74, 6) is 0.764. The first-order chi connectivity index (χ1) is 6.22. The Balaban J connectivity index is 2.19. The van der Waals surface area contributed by atoms with E-state index in [4.69, 9.17) is 17.3 Å². The average molecular weight is 205 g/mol. The minimum absolute atomic E-state index is 0.303. The van der Waals surface area contributed by atoms with Crippen molar-refractivity contribution in [1.82, 2.24) is 5.32 Å². The quantitative estimate of drug-likeness (QED) is 0.685. The molecule has 2 nitrogen and oxygen atoms in total. The highest BCUT2D eigenvalue weighted by molar-refractivity contribution is 6.20. The van der Waals surface area contributed by atoms with Crippen molar-refractivity contribution in [3.63, 3.8) is 0 Å². The number of alkyl halides is 1. The van der Waals surface area contributed by atoms with Gasteiger partial charge in [0.2, 0.25) is 0 Å². The van der Waals surface area contributed by atoms with Crippen LogP contribution in [0, 0.1) is 5.92 Å². The van der Waals surface area contributed by atoms with Gasteiger partial charge in [0, 0.05) is 18.0 Å². The molecule has 0 aromatic rings. The fourth-order valence-electron chi connectivity index (χ4n) is 2.21. The summed E-state index contributed by atoms with van der Waals surface area (Å²) in [7, 11) is 1.95. The van der Waals surface area contributed by atoms with Crippen molar-refractivity contribution in [2.75, 3.05) is 13.6 Å². The van der Waals surface area contributed by atoms with Crippen LogP contribution in [0.25, 0.3) is 0 Å². The maximum atomic E-state index is 6.12. The zero-order chi connectivity index (χ0) is 9.68. The second-order valence-corrected chi connectivity index (χ2v) is 4.80. The van der Waals surface area contributed by atoms with Crippen LogP contribution < -0.4 is 11.1 Å². The Morgan fingerprint density at radius 2 is 2.31 bits per heavy atom. The zero-order valence-electron chi connectivity index (χ0n) is 8.43. The molecule has 0 radical (unpaired) electrons. The number of nitrogens with two attached hydrogens (primary N) is 1. The number of likely N-dealkylation sites (N-methyl/N-ethyl adjacent to an activating group) is 1. The lowest BCUT2D eigenvalue weighted by Gasteiger charge is -2.27. The van der Waals surface area contributed by atoms with Crippen molar-refractivity contribution in [2.24, 2.45) is 11.7 Å². The molecule has 3 unspecified atom stereocenters. The van der Waals surface area contributed by atoms with Gasteiger partial charge in [-0.15, -0.1) is 11.6 Å². The molecule has 0 aromatic heterocycles. The standard InChI is InChI=1S/C10H21ClN2/c1-13-7-10(12)6-8-3-2-4-9(11)5-8/h8-10,13H,2-7,12H2,1H3. The van der Waals surface area contributed by atoms with Crippen molar-refractivity contribution < 1.29 is 0 Å². The van der Waals surface area contributed by atoms with Crippen LogP contribution in [0.15, 0.2) is 0 Å². The Bertz CT molecular complexity index is 141. The lowest BCUT2D eigenvalue weighted by molar-refractivity contribution is 0.319. The molecule has 0 spiro atoms. The van der Waals surface area contributed by atoms with Gasteiger partial charge in [-0.05, 0) is 32.2 Å². The first kappa shape index (κ1) is 11.3.